The van der Waals surface area contributed by atoms with E-state index in [0.717, 1.165) is 0 Å². The van der Waals surface area contributed by atoms with Crippen molar-refractivity contribution in [2.24, 2.45) is 0 Å². The number of urea groups is 1. The number of amides is 3. The third kappa shape index (κ3) is 5.32. The van der Waals surface area contributed by atoms with E-state index >= 15 is 0 Å². The predicted molar refractivity (Wildman–Crippen MR) is 93.3 cm³/mol. The number of esters is 1. The van der Waals surface area contributed by atoms with Crippen LogP contribution in [-0.4, -0.2) is 24.5 Å². The summed E-state index contributed by atoms with van der Waals surface area (Å²) < 4.78 is 5.33. The van der Waals surface area contributed by atoms with Gasteiger partial charge in [0, 0.05) is 17.1 Å². The number of hydrogen-bond donors (Lipinski definition) is 2. The minimum atomic E-state index is -1.27. The van der Waals surface area contributed by atoms with Crippen molar-refractivity contribution in [3.05, 3.63) is 70.7 Å². The molecule has 0 fully saturated rings. The average molecular weight is 361 g/mol. The van der Waals surface area contributed by atoms with E-state index in [0.29, 0.717) is 17.1 Å². The Morgan fingerprint density at radius 2 is 1.80 bits per heavy atom. The Kier molecular flexibility index (Phi) is 6.54. The standard InChI is InChI=1S/C18H17ClN2O4/c1-2-20-18(24)21-16(22)15(12-7-4-3-5-8-12)25-17(23)13-9-6-10-14(19)11-13/h3-11,15H,2H2,1H3,(H2,20,21,22,24)/t15-/m0/s1. The maximum atomic E-state index is 12.4. The van der Waals surface area contributed by atoms with Gasteiger partial charge in [0.25, 0.3) is 5.91 Å². The highest BCUT2D eigenvalue weighted by molar-refractivity contribution is 6.30. The van der Waals surface area contributed by atoms with Crippen LogP contribution < -0.4 is 10.6 Å². The summed E-state index contributed by atoms with van der Waals surface area (Å²) in [6.07, 6.45) is -1.27. The fourth-order valence-electron chi connectivity index (χ4n) is 2.07. The van der Waals surface area contributed by atoms with Gasteiger partial charge in [-0.2, -0.15) is 0 Å². The van der Waals surface area contributed by atoms with E-state index in [2.05, 4.69) is 10.6 Å². The molecule has 6 nitrogen and oxygen atoms in total. The molecular formula is C18H17ClN2O4. The topological polar surface area (TPSA) is 84.5 Å². The largest absolute Gasteiger partial charge is 0.444 e. The molecule has 0 heterocycles. The van der Waals surface area contributed by atoms with Gasteiger partial charge in [-0.05, 0) is 25.1 Å². The highest BCUT2D eigenvalue weighted by Crippen LogP contribution is 2.20. The number of benzene rings is 2. The molecule has 25 heavy (non-hydrogen) atoms. The Balaban J connectivity index is 2.21. The van der Waals surface area contributed by atoms with Crippen molar-refractivity contribution in [1.29, 1.82) is 0 Å². The van der Waals surface area contributed by atoms with Crippen LogP contribution in [0.5, 0.6) is 0 Å². The molecule has 0 unspecified atom stereocenters. The third-order valence-corrected chi connectivity index (χ3v) is 3.43. The summed E-state index contributed by atoms with van der Waals surface area (Å²) in [7, 11) is 0. The monoisotopic (exact) mass is 360 g/mol. The first-order chi connectivity index (χ1) is 12.0. The number of nitrogens with one attached hydrogen (secondary N) is 2. The Hall–Kier alpha value is -2.86. The number of rotatable bonds is 5. The van der Waals surface area contributed by atoms with Crippen molar-refractivity contribution in [3.63, 3.8) is 0 Å². The van der Waals surface area contributed by atoms with Crippen LogP contribution in [-0.2, 0) is 9.53 Å². The van der Waals surface area contributed by atoms with Crippen LogP contribution in [0.25, 0.3) is 0 Å². The molecule has 0 aliphatic rings. The molecule has 2 rings (SSSR count). The maximum absolute atomic E-state index is 12.4. The van der Waals surface area contributed by atoms with Gasteiger partial charge in [-0.1, -0.05) is 48.0 Å². The highest BCUT2D eigenvalue weighted by atomic mass is 35.5. The maximum Gasteiger partial charge on any atom is 0.339 e. The van der Waals surface area contributed by atoms with Gasteiger partial charge in [-0.3, -0.25) is 10.1 Å². The molecule has 0 aliphatic heterocycles. The lowest BCUT2D eigenvalue weighted by atomic mass is 10.1. The summed E-state index contributed by atoms with van der Waals surface area (Å²) in [5, 5.41) is 4.97. The molecule has 0 saturated heterocycles. The summed E-state index contributed by atoms with van der Waals surface area (Å²) in [5.74, 6) is -1.46. The van der Waals surface area contributed by atoms with Gasteiger partial charge in [-0.25, -0.2) is 9.59 Å². The van der Waals surface area contributed by atoms with E-state index < -0.39 is 24.0 Å². The summed E-state index contributed by atoms with van der Waals surface area (Å²) >= 11 is 5.87. The third-order valence-electron chi connectivity index (χ3n) is 3.20. The molecule has 7 heteroatoms. The van der Waals surface area contributed by atoms with Crippen molar-refractivity contribution >= 4 is 29.5 Å². The first-order valence-corrected chi connectivity index (χ1v) is 7.99. The van der Waals surface area contributed by atoms with Gasteiger partial charge in [0.05, 0.1) is 5.56 Å². The van der Waals surface area contributed by atoms with E-state index in [1.165, 1.54) is 12.1 Å². The molecule has 0 saturated carbocycles. The summed E-state index contributed by atoms with van der Waals surface area (Å²) in [4.78, 5) is 36.3. The Morgan fingerprint density at radius 3 is 2.44 bits per heavy atom. The molecule has 0 aromatic heterocycles. The van der Waals surface area contributed by atoms with E-state index in [1.54, 1.807) is 49.4 Å². The zero-order chi connectivity index (χ0) is 18.2. The number of hydrogen-bond acceptors (Lipinski definition) is 4. The summed E-state index contributed by atoms with van der Waals surface area (Å²) in [6, 6.07) is 14.0. The first-order valence-electron chi connectivity index (χ1n) is 7.61. The van der Waals surface area contributed by atoms with Gasteiger partial charge in [0.1, 0.15) is 0 Å². The molecule has 0 aliphatic carbocycles. The second-order valence-corrected chi connectivity index (χ2v) is 5.49. The van der Waals surface area contributed by atoms with Gasteiger partial charge in [-0.15, -0.1) is 0 Å². The smallest absolute Gasteiger partial charge is 0.339 e. The van der Waals surface area contributed by atoms with E-state index in [-0.39, 0.29) is 5.56 Å². The summed E-state index contributed by atoms with van der Waals surface area (Å²) in [6.45, 7) is 2.08. The first kappa shape index (κ1) is 18.5. The normalized spacial score (nSPS) is 11.3. The molecule has 0 bridgehead atoms. The van der Waals surface area contributed by atoms with Crippen molar-refractivity contribution in [3.8, 4) is 0 Å². The van der Waals surface area contributed by atoms with Gasteiger partial charge >= 0.3 is 12.0 Å². The molecule has 0 spiro atoms. The van der Waals surface area contributed by atoms with Crippen LogP contribution in [0.2, 0.25) is 5.02 Å². The van der Waals surface area contributed by atoms with E-state index in [1.807, 2.05) is 0 Å². The minimum Gasteiger partial charge on any atom is -0.444 e. The van der Waals surface area contributed by atoms with E-state index in [9.17, 15) is 14.4 Å². The lowest BCUT2D eigenvalue weighted by Crippen LogP contribution is -2.42. The molecule has 3 amide bonds. The van der Waals surface area contributed by atoms with Crippen molar-refractivity contribution in [2.75, 3.05) is 6.54 Å². The number of carbonyl (C=O) groups excluding carboxylic acids is 3. The SMILES string of the molecule is CCNC(=O)NC(=O)[C@@H](OC(=O)c1cccc(Cl)c1)c1ccccc1. The predicted octanol–water partition coefficient (Wildman–Crippen LogP) is 3.08. The van der Waals surface area contributed by atoms with Crippen molar-refractivity contribution < 1.29 is 19.1 Å². The minimum absolute atomic E-state index is 0.208. The molecule has 0 radical (unpaired) electrons. The van der Waals surface area contributed by atoms with Crippen LogP contribution in [0.4, 0.5) is 4.79 Å². The fraction of sp³-hybridized carbons (Fsp3) is 0.167. The zero-order valence-electron chi connectivity index (χ0n) is 13.5. The second-order valence-electron chi connectivity index (χ2n) is 5.06. The fourth-order valence-corrected chi connectivity index (χ4v) is 2.26. The van der Waals surface area contributed by atoms with Crippen LogP contribution in [0.1, 0.15) is 28.9 Å². The number of ether oxygens (including phenoxy) is 1. The van der Waals surface area contributed by atoms with Gasteiger partial charge < -0.3 is 10.1 Å². The Bertz CT molecular complexity index is 765. The second kappa shape index (κ2) is 8.84. The van der Waals surface area contributed by atoms with Crippen LogP contribution in [0, 0.1) is 0 Å². The van der Waals surface area contributed by atoms with Crippen LogP contribution in [0.15, 0.2) is 54.6 Å². The number of carbonyl (C=O) groups is 3. The van der Waals surface area contributed by atoms with Crippen LogP contribution in [0.3, 0.4) is 0 Å². The van der Waals surface area contributed by atoms with Crippen LogP contribution >= 0.6 is 11.6 Å². The van der Waals surface area contributed by atoms with Crippen molar-refractivity contribution in [1.82, 2.24) is 10.6 Å². The Labute approximate surface area is 150 Å². The van der Waals surface area contributed by atoms with Crippen molar-refractivity contribution in [2.45, 2.75) is 13.0 Å². The molecular weight excluding hydrogens is 344 g/mol. The van der Waals surface area contributed by atoms with Gasteiger partial charge in [0.15, 0.2) is 0 Å². The molecule has 2 N–H and O–H groups in total. The molecule has 2 aromatic carbocycles. The number of imide groups is 1. The average Bonchev–Trinajstić information content (AvgIpc) is 2.60. The summed E-state index contributed by atoms with van der Waals surface area (Å²) in [5.41, 5.74) is 0.652. The molecule has 130 valence electrons. The van der Waals surface area contributed by atoms with Gasteiger partial charge in [0.2, 0.25) is 6.10 Å². The lowest BCUT2D eigenvalue weighted by Gasteiger charge is -2.17. The van der Waals surface area contributed by atoms with E-state index in [4.69, 9.17) is 16.3 Å². The highest BCUT2D eigenvalue weighted by Gasteiger charge is 2.27. The quantitative estimate of drug-likeness (QED) is 0.802. The zero-order valence-corrected chi connectivity index (χ0v) is 14.2. The Morgan fingerprint density at radius 1 is 1.08 bits per heavy atom. The number of halogens is 1. The lowest BCUT2D eigenvalue weighted by molar-refractivity contribution is -0.129. The molecule has 2 aromatic rings. The molecule has 1 atom stereocenters.